The van der Waals surface area contributed by atoms with Crippen molar-refractivity contribution in [3.8, 4) is 0 Å². The standard InChI is InChI=1S/C12H20N2S/c1-9(13-2)7-11-8-15-12(14-11)10-5-3-4-6-10/h8-10,13H,3-7H2,1-2H3. The molecular formula is C12H20N2S. The first-order valence-electron chi connectivity index (χ1n) is 5.91. The second-order valence-corrected chi connectivity index (χ2v) is 5.44. The van der Waals surface area contributed by atoms with E-state index in [1.54, 1.807) is 0 Å². The molecule has 2 rings (SSSR count). The molecule has 84 valence electrons. The van der Waals surface area contributed by atoms with Gasteiger partial charge in [-0.15, -0.1) is 11.3 Å². The summed E-state index contributed by atoms with van der Waals surface area (Å²) in [6.45, 7) is 2.20. The van der Waals surface area contributed by atoms with E-state index in [2.05, 4.69) is 17.6 Å². The second-order valence-electron chi connectivity index (χ2n) is 4.55. The highest BCUT2D eigenvalue weighted by Crippen LogP contribution is 2.35. The minimum absolute atomic E-state index is 0.531. The van der Waals surface area contributed by atoms with Crippen LogP contribution in [0.3, 0.4) is 0 Å². The summed E-state index contributed by atoms with van der Waals surface area (Å²) >= 11 is 1.86. The summed E-state index contributed by atoms with van der Waals surface area (Å²) in [6, 6.07) is 0.531. The molecule has 1 N–H and O–H groups in total. The Bertz CT molecular complexity index is 302. The molecule has 0 spiro atoms. The van der Waals surface area contributed by atoms with E-state index >= 15 is 0 Å². The van der Waals surface area contributed by atoms with Crippen LogP contribution >= 0.6 is 11.3 Å². The van der Waals surface area contributed by atoms with E-state index in [-0.39, 0.29) is 0 Å². The quantitative estimate of drug-likeness (QED) is 0.850. The first-order valence-corrected chi connectivity index (χ1v) is 6.79. The van der Waals surface area contributed by atoms with Gasteiger partial charge in [-0.05, 0) is 26.8 Å². The molecular weight excluding hydrogens is 204 g/mol. The van der Waals surface area contributed by atoms with Crippen molar-refractivity contribution in [2.24, 2.45) is 0 Å². The van der Waals surface area contributed by atoms with Crippen molar-refractivity contribution in [1.29, 1.82) is 0 Å². The summed E-state index contributed by atoms with van der Waals surface area (Å²) in [5.41, 5.74) is 1.27. The molecule has 15 heavy (non-hydrogen) atoms. The molecule has 1 aliphatic rings. The maximum atomic E-state index is 4.76. The van der Waals surface area contributed by atoms with Crippen LogP contribution in [0.25, 0.3) is 0 Å². The molecule has 2 nitrogen and oxygen atoms in total. The normalized spacial score (nSPS) is 19.6. The highest BCUT2D eigenvalue weighted by Gasteiger charge is 2.20. The molecule has 1 aromatic rings. The van der Waals surface area contributed by atoms with Crippen LogP contribution in [0, 0.1) is 0 Å². The summed E-state index contributed by atoms with van der Waals surface area (Å²) in [5.74, 6) is 0.772. The van der Waals surface area contributed by atoms with Crippen molar-refractivity contribution in [1.82, 2.24) is 10.3 Å². The number of rotatable bonds is 4. The lowest BCUT2D eigenvalue weighted by Gasteiger charge is -2.07. The molecule has 3 heteroatoms. The fourth-order valence-corrected chi connectivity index (χ4v) is 3.20. The molecule has 1 aromatic heterocycles. The van der Waals surface area contributed by atoms with Crippen LogP contribution in [0.15, 0.2) is 5.38 Å². The zero-order chi connectivity index (χ0) is 10.7. The molecule has 1 aliphatic carbocycles. The van der Waals surface area contributed by atoms with Crippen LogP contribution in [0.4, 0.5) is 0 Å². The van der Waals surface area contributed by atoms with Gasteiger partial charge in [0.05, 0.1) is 10.7 Å². The van der Waals surface area contributed by atoms with Crippen molar-refractivity contribution in [2.45, 2.75) is 51.0 Å². The number of hydrogen-bond donors (Lipinski definition) is 1. The van der Waals surface area contributed by atoms with E-state index in [0.717, 1.165) is 12.3 Å². The third-order valence-corrected chi connectivity index (χ3v) is 4.34. The van der Waals surface area contributed by atoms with Crippen LogP contribution in [-0.2, 0) is 6.42 Å². The number of thiazole rings is 1. The smallest absolute Gasteiger partial charge is 0.0959 e. The Labute approximate surface area is 96.1 Å². The minimum Gasteiger partial charge on any atom is -0.317 e. The molecule has 0 bridgehead atoms. The lowest BCUT2D eigenvalue weighted by atomic mass is 10.1. The maximum Gasteiger partial charge on any atom is 0.0959 e. The lowest BCUT2D eigenvalue weighted by Crippen LogP contribution is -2.23. The van der Waals surface area contributed by atoms with Gasteiger partial charge < -0.3 is 5.32 Å². The van der Waals surface area contributed by atoms with E-state index in [1.165, 1.54) is 36.4 Å². The number of likely N-dealkylation sites (N-methyl/N-ethyl adjacent to an activating group) is 1. The highest BCUT2D eigenvalue weighted by molar-refractivity contribution is 7.09. The van der Waals surface area contributed by atoms with Gasteiger partial charge in [0.25, 0.3) is 0 Å². The number of hydrogen-bond acceptors (Lipinski definition) is 3. The predicted octanol–water partition coefficient (Wildman–Crippen LogP) is 2.95. The van der Waals surface area contributed by atoms with Gasteiger partial charge in [-0.1, -0.05) is 12.8 Å². The van der Waals surface area contributed by atoms with Gasteiger partial charge in [-0.3, -0.25) is 0 Å². The van der Waals surface area contributed by atoms with Gasteiger partial charge >= 0.3 is 0 Å². The SMILES string of the molecule is CNC(C)Cc1csc(C2CCCC2)n1. The average Bonchev–Trinajstić information content (AvgIpc) is 2.85. The van der Waals surface area contributed by atoms with E-state index in [9.17, 15) is 0 Å². The summed E-state index contributed by atoms with van der Waals surface area (Å²) in [7, 11) is 2.01. The van der Waals surface area contributed by atoms with Crippen molar-refractivity contribution in [3.63, 3.8) is 0 Å². The van der Waals surface area contributed by atoms with Gasteiger partial charge in [-0.2, -0.15) is 0 Å². The molecule has 0 aromatic carbocycles. The van der Waals surface area contributed by atoms with Crippen LogP contribution in [-0.4, -0.2) is 18.1 Å². The maximum absolute atomic E-state index is 4.76. The fourth-order valence-electron chi connectivity index (χ4n) is 2.19. The lowest BCUT2D eigenvalue weighted by molar-refractivity contribution is 0.599. The van der Waals surface area contributed by atoms with Crippen molar-refractivity contribution in [2.75, 3.05) is 7.05 Å². The molecule has 1 unspecified atom stereocenters. The molecule has 1 heterocycles. The van der Waals surface area contributed by atoms with Gasteiger partial charge in [0.2, 0.25) is 0 Å². The van der Waals surface area contributed by atoms with Crippen molar-refractivity contribution >= 4 is 11.3 Å². The second kappa shape index (κ2) is 5.08. The third-order valence-electron chi connectivity index (χ3n) is 3.28. The number of aromatic nitrogens is 1. The molecule has 1 fully saturated rings. The Morgan fingerprint density at radius 3 is 2.93 bits per heavy atom. The zero-order valence-electron chi connectivity index (χ0n) is 9.62. The molecule has 0 amide bonds. The van der Waals surface area contributed by atoms with E-state index < -0.39 is 0 Å². The van der Waals surface area contributed by atoms with Gasteiger partial charge in [0, 0.05) is 23.8 Å². The van der Waals surface area contributed by atoms with Crippen molar-refractivity contribution in [3.05, 3.63) is 16.1 Å². The average molecular weight is 224 g/mol. The van der Waals surface area contributed by atoms with Crippen LogP contribution in [0.1, 0.15) is 49.2 Å². The summed E-state index contributed by atoms with van der Waals surface area (Å²) in [5, 5.41) is 6.87. The minimum atomic E-state index is 0.531. The predicted molar refractivity (Wildman–Crippen MR) is 65.5 cm³/mol. The van der Waals surface area contributed by atoms with Crippen LogP contribution in [0.5, 0.6) is 0 Å². The molecule has 0 radical (unpaired) electrons. The summed E-state index contributed by atoms with van der Waals surface area (Å²) in [6.07, 6.45) is 6.56. The molecule has 1 saturated carbocycles. The largest absolute Gasteiger partial charge is 0.317 e. The zero-order valence-corrected chi connectivity index (χ0v) is 10.4. The van der Waals surface area contributed by atoms with E-state index in [0.29, 0.717) is 6.04 Å². The Morgan fingerprint density at radius 1 is 1.53 bits per heavy atom. The number of nitrogens with one attached hydrogen (secondary N) is 1. The number of nitrogens with zero attached hydrogens (tertiary/aromatic N) is 1. The van der Waals surface area contributed by atoms with Crippen molar-refractivity contribution < 1.29 is 0 Å². The van der Waals surface area contributed by atoms with Crippen LogP contribution in [0.2, 0.25) is 0 Å². The summed E-state index contributed by atoms with van der Waals surface area (Å²) in [4.78, 5) is 4.76. The highest BCUT2D eigenvalue weighted by atomic mass is 32.1. The Balaban J connectivity index is 1.97. The third kappa shape index (κ3) is 2.79. The van der Waals surface area contributed by atoms with E-state index in [1.807, 2.05) is 18.4 Å². The first kappa shape index (κ1) is 11.1. The summed E-state index contributed by atoms with van der Waals surface area (Å²) < 4.78 is 0. The van der Waals surface area contributed by atoms with Gasteiger partial charge in [0.15, 0.2) is 0 Å². The van der Waals surface area contributed by atoms with Gasteiger partial charge in [0.1, 0.15) is 0 Å². The first-order chi connectivity index (χ1) is 7.29. The topological polar surface area (TPSA) is 24.9 Å². The Hall–Kier alpha value is -0.410. The Morgan fingerprint density at radius 2 is 2.27 bits per heavy atom. The van der Waals surface area contributed by atoms with Crippen LogP contribution < -0.4 is 5.32 Å². The Kier molecular flexibility index (Phi) is 3.76. The van der Waals surface area contributed by atoms with Gasteiger partial charge in [-0.25, -0.2) is 4.98 Å². The fraction of sp³-hybridized carbons (Fsp3) is 0.750. The molecule has 0 saturated heterocycles. The monoisotopic (exact) mass is 224 g/mol. The molecule has 1 atom stereocenters. The van der Waals surface area contributed by atoms with E-state index in [4.69, 9.17) is 4.98 Å². The molecule has 0 aliphatic heterocycles.